The highest BCUT2D eigenvalue weighted by molar-refractivity contribution is 8.77. The lowest BCUT2D eigenvalue weighted by Gasteiger charge is -2.42. The zero-order valence-corrected chi connectivity index (χ0v) is 80.2. The number of aromatic amines is 2. The van der Waals surface area contributed by atoms with Crippen LogP contribution in [0.4, 0.5) is 10.5 Å². The van der Waals surface area contributed by atoms with Crippen LogP contribution in [0.3, 0.4) is 0 Å². The molecule has 12 amide bonds. The number of nitrogens with zero attached hydrogens (tertiary/aromatic N) is 2. The molecule has 728 valence electrons. The number of aliphatic hydroxyl groups excluding tert-OH is 2. The van der Waals surface area contributed by atoms with E-state index >= 15 is 14.4 Å². The normalized spacial score (nSPS) is 25.4. The number of ether oxygens (including phenoxy) is 5. The zero-order valence-electron chi connectivity index (χ0n) is 76.1. The van der Waals surface area contributed by atoms with E-state index < -0.39 is 197 Å². The van der Waals surface area contributed by atoms with Gasteiger partial charge in [-0.05, 0) is 132 Å². The fourth-order valence-corrected chi connectivity index (χ4v) is 20.4. The minimum atomic E-state index is -1.93. The lowest BCUT2D eigenvalue weighted by molar-refractivity contribution is -0.162. The summed E-state index contributed by atoms with van der Waals surface area (Å²) in [4.78, 5) is 195. The van der Waals surface area contributed by atoms with Crippen LogP contribution < -0.4 is 74.3 Å². The molecule has 134 heavy (non-hydrogen) atoms. The summed E-state index contributed by atoms with van der Waals surface area (Å²) in [6.45, 7) is 9.01. The van der Waals surface area contributed by atoms with Crippen molar-refractivity contribution in [3.8, 4) is 11.5 Å². The number of aromatic nitrogens is 2. The Labute approximate surface area is 796 Å². The number of para-hydroxylation sites is 2. The fourth-order valence-electron chi connectivity index (χ4n) is 15.8. The van der Waals surface area contributed by atoms with Crippen molar-refractivity contribution in [3.63, 3.8) is 0 Å². The van der Waals surface area contributed by atoms with Crippen LogP contribution in [0.1, 0.15) is 109 Å². The van der Waals surface area contributed by atoms with Gasteiger partial charge in [0.25, 0.3) is 0 Å². The zero-order chi connectivity index (χ0) is 97.4. The minimum absolute atomic E-state index is 0.00860. The molecule has 0 radical (unpaired) electrons. The quantitative estimate of drug-likeness (QED) is 0.0125. The number of alkyl carbamates (subject to hydrolysis) is 1. The maximum absolute atomic E-state index is 15.1. The van der Waals surface area contributed by atoms with Crippen molar-refractivity contribution in [1.82, 2.24) is 68.0 Å². The number of fused-ring (bicyclic) bond motifs is 7. The van der Waals surface area contributed by atoms with E-state index in [4.69, 9.17) is 46.8 Å². The summed E-state index contributed by atoms with van der Waals surface area (Å²) < 4.78 is 29.6. The Kier molecular flexibility index (Phi) is 38.7. The van der Waals surface area contributed by atoms with Crippen molar-refractivity contribution in [1.29, 1.82) is 0 Å². The van der Waals surface area contributed by atoms with Gasteiger partial charge in [-0.2, -0.15) is 0 Å². The molecule has 6 heterocycles. The van der Waals surface area contributed by atoms with Crippen molar-refractivity contribution in [3.05, 3.63) is 148 Å². The highest BCUT2D eigenvalue weighted by atomic mass is 35.5. The molecule has 10 rings (SSSR count). The van der Waals surface area contributed by atoms with Crippen molar-refractivity contribution >= 4 is 159 Å². The standard InChI is InChI=1S/C91H121ClN16O22S4/c1-48-18-17-24-71(127-10)91(125)43-70(128-89(124)106-91)49(2)79-90(6,130-79)72(42-75(114)108(8)68-38-54(36-48)39-69(126-9)76(68)92)129-88(123)50(3)107(7)74(113)30-35-132-131-34-29-73(112)95-32-33-96-86(121)77(51(4)109)104-85(120)67-47-134-133-46-66(102-80(115)60(94)40-55-44-97-61-21-13-11-19-58(55)61)84(119)100-64(37-53-25-27-57(111)28-26-53)82(117)101-65(41-56-45-98-62-22-14-12-20-59(56)62)83(118)99-63(23-15-16-31-93)81(116)105-78(52(5)110)87(122)103-67/h11-14,17-22,24-28,38-39,44-45,49-52,60,63-67,70-72,77-79,97-98,109-111,125H,15-16,23,29-37,40-43,46-47,93-94H2,1-10H3,(H,95,112)(H,96,121)(H,99,118)(H,100,119)(H,101,117)(H,102,115)(H,103,122)(H,104,120)(H,105,116)(H,106,124)/b24-17+,48-18+/t49-,50+,51-,52-,60-,63?,64+,65-,66+,67+,70+,71-,72+,77+,78+,79+,90+,91+/m1/s1. The number of phenolic OH excluding ortho intramolecular Hbond substituents is 1. The van der Waals surface area contributed by atoms with Crippen molar-refractivity contribution in [2.75, 3.05) is 75.9 Å². The van der Waals surface area contributed by atoms with Gasteiger partial charge in [-0.15, -0.1) is 0 Å². The number of hydrogen-bond acceptors (Lipinski definition) is 28. The fraction of sp³-hybridized carbons (Fsp3) is 0.505. The number of hydrogen-bond donors (Lipinski definition) is 18. The smallest absolute Gasteiger partial charge is 0.409 e. The summed E-state index contributed by atoms with van der Waals surface area (Å²) in [6, 6.07) is 10.2. The number of H-pyrrole nitrogens is 2. The number of anilines is 1. The second-order valence-corrected chi connectivity index (χ2v) is 39.5. The molecular weight excluding hydrogens is 1830 g/mol. The number of rotatable bonds is 32. The number of allylic oxidation sites excluding steroid dienone is 3. The summed E-state index contributed by atoms with van der Waals surface area (Å²) >= 11 is 6.87. The van der Waals surface area contributed by atoms with Crippen LogP contribution in [0.15, 0.2) is 121 Å². The Bertz CT molecular complexity index is 5240. The number of phenols is 1. The highest BCUT2D eigenvalue weighted by Gasteiger charge is 2.65. The van der Waals surface area contributed by atoms with Crippen LogP contribution in [0.25, 0.3) is 21.8 Å². The molecule has 6 aromatic rings. The van der Waals surface area contributed by atoms with E-state index in [-0.39, 0.29) is 99.0 Å². The maximum Gasteiger partial charge on any atom is 0.409 e. The topological polar surface area (TPSA) is 563 Å². The molecule has 4 aromatic carbocycles. The van der Waals surface area contributed by atoms with E-state index in [1.165, 1.54) is 105 Å². The van der Waals surface area contributed by atoms with Gasteiger partial charge in [0.15, 0.2) is 5.72 Å². The average molecular weight is 1950 g/mol. The number of methoxy groups -OCH3 is 2. The third-order valence-electron chi connectivity index (χ3n) is 23.9. The number of aromatic hydroxyl groups is 1. The molecule has 4 aliphatic heterocycles. The first-order valence-electron chi connectivity index (χ1n) is 44.0. The number of likely N-dealkylation sites (N-methyl/N-ethyl adjacent to an activating group) is 1. The predicted molar refractivity (Wildman–Crippen MR) is 510 cm³/mol. The first kappa shape index (κ1) is 105. The van der Waals surface area contributed by atoms with E-state index in [1.807, 2.05) is 43.3 Å². The van der Waals surface area contributed by atoms with E-state index in [9.17, 15) is 68.4 Å². The molecule has 4 bridgehead atoms. The number of nitrogens with one attached hydrogen (secondary N) is 12. The summed E-state index contributed by atoms with van der Waals surface area (Å²) in [6.07, 6.45) is 0.124. The predicted octanol–water partition coefficient (Wildman–Crippen LogP) is 3.31. The molecule has 0 spiro atoms. The Balaban J connectivity index is 0.764. The van der Waals surface area contributed by atoms with Crippen LogP contribution >= 0.6 is 54.8 Å². The van der Waals surface area contributed by atoms with E-state index in [2.05, 4.69) is 63.1 Å². The van der Waals surface area contributed by atoms with Crippen LogP contribution in [-0.4, -0.2) is 286 Å². The molecule has 43 heteroatoms. The lowest BCUT2D eigenvalue weighted by Crippen LogP contribution is -2.63. The second kappa shape index (κ2) is 49.2. The van der Waals surface area contributed by atoms with Gasteiger partial charge in [0, 0.05) is 130 Å². The van der Waals surface area contributed by atoms with E-state index in [0.717, 1.165) is 43.6 Å². The van der Waals surface area contributed by atoms with Gasteiger partial charge in [-0.25, -0.2) is 9.59 Å². The molecule has 0 saturated carbocycles. The molecule has 2 aromatic heterocycles. The Morgan fingerprint density at radius 1 is 0.776 bits per heavy atom. The lowest BCUT2D eigenvalue weighted by atomic mass is 9.83. The van der Waals surface area contributed by atoms with Gasteiger partial charge < -0.3 is 123 Å². The van der Waals surface area contributed by atoms with Crippen LogP contribution in [0.5, 0.6) is 11.5 Å². The molecule has 38 nitrogen and oxygen atoms in total. The van der Waals surface area contributed by atoms with Crippen LogP contribution in [-0.2, 0) is 102 Å². The van der Waals surface area contributed by atoms with Crippen molar-refractivity contribution < 1.29 is 106 Å². The summed E-state index contributed by atoms with van der Waals surface area (Å²) in [5.74, 6) is -10.4. The van der Waals surface area contributed by atoms with Crippen LogP contribution in [0.2, 0.25) is 5.02 Å². The van der Waals surface area contributed by atoms with E-state index in [1.54, 1.807) is 68.7 Å². The largest absolute Gasteiger partial charge is 0.508 e. The number of halogens is 1. The highest BCUT2D eigenvalue weighted by Crippen LogP contribution is 2.50. The summed E-state index contributed by atoms with van der Waals surface area (Å²) in [5.41, 5.74) is 14.3. The van der Waals surface area contributed by atoms with Crippen molar-refractivity contribution in [2.24, 2.45) is 17.4 Å². The number of nitrogens with two attached hydrogens (primary N) is 2. The van der Waals surface area contributed by atoms with E-state index in [0.29, 0.717) is 51.9 Å². The number of benzene rings is 4. The second-order valence-electron chi connectivity index (χ2n) is 33.9. The number of carbonyl (C=O) groups is 13. The maximum atomic E-state index is 15.1. The molecule has 1 unspecified atom stereocenters. The first-order valence-corrected chi connectivity index (χ1v) is 49.4. The number of amides is 12. The number of unbranched alkanes of at least 4 members (excludes halogenated alkanes) is 1. The molecule has 18 atom stereocenters. The molecule has 20 N–H and O–H groups in total. The molecule has 4 aliphatic rings. The minimum Gasteiger partial charge on any atom is -0.508 e. The van der Waals surface area contributed by atoms with Crippen LogP contribution in [0, 0.1) is 5.92 Å². The Morgan fingerprint density at radius 2 is 1.40 bits per heavy atom. The molecule has 3 fully saturated rings. The monoisotopic (exact) mass is 1950 g/mol. The summed E-state index contributed by atoms with van der Waals surface area (Å²) in [5, 5.41) is 72.7. The average Bonchev–Trinajstić information content (AvgIpc) is 1.55. The number of aliphatic hydroxyl groups is 3. The van der Waals surface area contributed by atoms with Gasteiger partial charge >= 0.3 is 12.1 Å². The number of carbonyl (C=O) groups excluding carboxylic acids is 13. The molecule has 3 saturated heterocycles. The Hall–Kier alpha value is -10.6. The molecule has 0 aliphatic carbocycles. The SMILES string of the molecule is COc1cc2cc(c1Cl)N(C)C(=O)C[C@H](OC(=O)[C@H](C)N(C)C(=O)CCSSCCC(=O)NCCNC(=O)[C@@H](NC(=O)[C@@H]1CSSC[C@H](NC(=O)[C@H](N)Cc3c[nH]c4ccccc34)C(=O)N[C@@H](Cc3ccc(O)cc3)C(=O)N[C@H](Cc3c[nH]c4ccccc34)C(=O)NC(CCCCN)C(=O)N[C@@H]([C@@H](C)O)C(=O)N1)[C@@H](C)O)[C@]1(C)O[C@H]1[C@H](C)[C@@H]1C[C@@](O)(NC(=O)O1)[C@H](OC)/C=C/C=C(\C)C2. The van der Waals surface area contributed by atoms with Crippen molar-refractivity contribution in [2.45, 2.75) is 214 Å². The molecular formula is C91H121ClN16O22S4. The third kappa shape index (κ3) is 28.5. The third-order valence-corrected chi connectivity index (χ3v) is 29.1. The van der Waals surface area contributed by atoms with Gasteiger partial charge in [-0.1, -0.05) is 134 Å². The summed E-state index contributed by atoms with van der Waals surface area (Å²) in [7, 11) is 10.2. The van der Waals surface area contributed by atoms with Gasteiger partial charge in [-0.3, -0.25) is 58.1 Å². The Morgan fingerprint density at radius 3 is 2.07 bits per heavy atom. The number of epoxide rings is 1. The van der Waals surface area contributed by atoms with Gasteiger partial charge in [0.05, 0.1) is 43.6 Å². The first-order chi connectivity index (χ1) is 63.8. The van der Waals surface area contributed by atoms with Gasteiger partial charge in [0.1, 0.15) is 88.8 Å². The van der Waals surface area contributed by atoms with Gasteiger partial charge in [0.2, 0.25) is 65.0 Å². The number of esters is 1.